The first-order valence-corrected chi connectivity index (χ1v) is 8.90. The van der Waals surface area contributed by atoms with Crippen LogP contribution in [-0.4, -0.2) is 29.2 Å². The normalized spacial score (nSPS) is 11.9. The second-order valence-electron chi connectivity index (χ2n) is 6.37. The molecule has 2 aromatic carbocycles. The van der Waals surface area contributed by atoms with Gasteiger partial charge in [-0.15, -0.1) is 0 Å². The molecule has 152 valence electrons. The molecule has 0 spiro atoms. The minimum absolute atomic E-state index is 0.0476. The van der Waals surface area contributed by atoms with E-state index < -0.39 is 12.7 Å². The first-order valence-electron chi connectivity index (χ1n) is 8.90. The Labute approximate surface area is 167 Å². The summed E-state index contributed by atoms with van der Waals surface area (Å²) in [5, 5.41) is 2.99. The third kappa shape index (κ3) is 5.31. The molecule has 0 aliphatic rings. The van der Waals surface area contributed by atoms with Gasteiger partial charge in [-0.1, -0.05) is 24.3 Å². The lowest BCUT2D eigenvalue weighted by atomic mass is 10.0. The second-order valence-corrected chi connectivity index (χ2v) is 6.37. The number of methoxy groups -OCH3 is 1. The molecule has 3 aromatic rings. The number of hydrogen-bond acceptors (Lipinski definition) is 4. The molecule has 29 heavy (non-hydrogen) atoms. The largest absolute Gasteiger partial charge is 0.497 e. The van der Waals surface area contributed by atoms with Crippen LogP contribution in [0.4, 0.5) is 8.78 Å². The summed E-state index contributed by atoms with van der Waals surface area (Å²) in [6.45, 7) is -2.88. The van der Waals surface area contributed by atoms with Crippen molar-refractivity contribution in [1.29, 1.82) is 0 Å². The number of hydrogen-bond donors (Lipinski definition) is 1. The molecule has 0 aliphatic carbocycles. The number of nitrogens with one attached hydrogen (secondary N) is 1. The van der Waals surface area contributed by atoms with Gasteiger partial charge in [0.2, 0.25) is 5.91 Å². The maximum absolute atomic E-state index is 12.7. The van der Waals surface area contributed by atoms with Gasteiger partial charge in [0.15, 0.2) is 0 Å². The van der Waals surface area contributed by atoms with Crippen molar-refractivity contribution in [3.63, 3.8) is 0 Å². The third-order valence-corrected chi connectivity index (χ3v) is 4.36. The topological polar surface area (TPSA) is 65.4 Å². The van der Waals surface area contributed by atoms with E-state index in [4.69, 9.17) is 4.74 Å². The summed E-state index contributed by atoms with van der Waals surface area (Å²) in [7, 11) is 3.43. The number of amides is 1. The zero-order chi connectivity index (χ0) is 20.8. The molecule has 0 fully saturated rings. The summed E-state index contributed by atoms with van der Waals surface area (Å²) in [4.78, 5) is 17.1. The zero-order valence-electron chi connectivity index (χ0n) is 16.0. The quantitative estimate of drug-likeness (QED) is 0.628. The highest BCUT2D eigenvalue weighted by Crippen LogP contribution is 2.24. The molecule has 1 unspecified atom stereocenters. The maximum atomic E-state index is 12.7. The van der Waals surface area contributed by atoms with Gasteiger partial charge in [0.05, 0.1) is 13.5 Å². The lowest BCUT2D eigenvalue weighted by molar-refractivity contribution is -0.121. The van der Waals surface area contributed by atoms with E-state index in [1.54, 1.807) is 31.6 Å². The van der Waals surface area contributed by atoms with Crippen LogP contribution < -0.4 is 14.8 Å². The first kappa shape index (κ1) is 20.3. The Kier molecular flexibility index (Phi) is 6.43. The molecular formula is C21H21F2N3O3. The predicted octanol–water partition coefficient (Wildman–Crippen LogP) is 3.48. The highest BCUT2D eigenvalue weighted by Gasteiger charge is 2.21. The summed E-state index contributed by atoms with van der Waals surface area (Å²) >= 11 is 0. The molecule has 1 amide bonds. The molecule has 0 radical (unpaired) electrons. The number of aryl methyl sites for hydroxylation is 1. The van der Waals surface area contributed by atoms with E-state index in [1.807, 2.05) is 35.9 Å². The summed E-state index contributed by atoms with van der Waals surface area (Å²) in [5.41, 5.74) is 1.50. The summed E-state index contributed by atoms with van der Waals surface area (Å²) in [6.07, 6.45) is 3.55. The molecule has 0 saturated carbocycles. The van der Waals surface area contributed by atoms with E-state index in [9.17, 15) is 13.6 Å². The molecule has 8 heteroatoms. The number of halogens is 2. The number of nitrogens with zero attached hydrogens (tertiary/aromatic N) is 2. The number of benzene rings is 2. The number of rotatable bonds is 8. The van der Waals surface area contributed by atoms with E-state index in [0.717, 1.165) is 5.56 Å². The van der Waals surface area contributed by atoms with Crippen molar-refractivity contribution >= 4 is 5.91 Å². The smallest absolute Gasteiger partial charge is 0.387 e. The predicted molar refractivity (Wildman–Crippen MR) is 103 cm³/mol. The van der Waals surface area contributed by atoms with Crippen LogP contribution in [0.15, 0.2) is 60.9 Å². The summed E-state index contributed by atoms with van der Waals surface area (Å²) in [6, 6.07) is 12.9. The highest BCUT2D eigenvalue weighted by atomic mass is 19.3. The van der Waals surface area contributed by atoms with Crippen LogP contribution in [0.5, 0.6) is 11.5 Å². The van der Waals surface area contributed by atoms with Crippen molar-refractivity contribution in [3.05, 3.63) is 77.9 Å². The van der Waals surface area contributed by atoms with Gasteiger partial charge in [0.25, 0.3) is 0 Å². The van der Waals surface area contributed by atoms with Crippen molar-refractivity contribution in [3.8, 4) is 11.5 Å². The standard InChI is InChI=1S/C21H21F2N3O3/c1-26-11-10-24-20(26)19(15-4-3-5-17(13-15)28-2)25-18(27)12-14-6-8-16(9-7-14)29-21(22)23/h3-11,13,19,21H,12H2,1-2H3,(H,25,27). The van der Waals surface area contributed by atoms with E-state index in [1.165, 1.54) is 12.1 Å². The lowest BCUT2D eigenvalue weighted by Gasteiger charge is -2.20. The fourth-order valence-corrected chi connectivity index (χ4v) is 2.96. The van der Waals surface area contributed by atoms with Crippen LogP contribution in [0.25, 0.3) is 0 Å². The highest BCUT2D eigenvalue weighted by molar-refractivity contribution is 5.79. The monoisotopic (exact) mass is 401 g/mol. The van der Waals surface area contributed by atoms with E-state index in [0.29, 0.717) is 17.1 Å². The van der Waals surface area contributed by atoms with Crippen molar-refractivity contribution < 1.29 is 23.0 Å². The number of aromatic nitrogens is 2. The summed E-state index contributed by atoms with van der Waals surface area (Å²) < 4.78 is 36.0. The number of carbonyl (C=O) groups is 1. The van der Waals surface area contributed by atoms with E-state index >= 15 is 0 Å². The van der Waals surface area contributed by atoms with Gasteiger partial charge in [-0.2, -0.15) is 8.78 Å². The SMILES string of the molecule is COc1cccc(C(NC(=O)Cc2ccc(OC(F)F)cc2)c2nccn2C)c1. The van der Waals surface area contributed by atoms with Gasteiger partial charge in [-0.25, -0.2) is 4.98 Å². The first-order chi connectivity index (χ1) is 14.0. The number of imidazole rings is 1. The van der Waals surface area contributed by atoms with E-state index in [-0.39, 0.29) is 18.1 Å². The van der Waals surface area contributed by atoms with Gasteiger partial charge in [-0.05, 0) is 35.4 Å². The lowest BCUT2D eigenvalue weighted by Crippen LogP contribution is -2.32. The average molecular weight is 401 g/mol. The zero-order valence-corrected chi connectivity index (χ0v) is 16.0. The van der Waals surface area contributed by atoms with Crippen LogP contribution >= 0.6 is 0 Å². The Bertz CT molecular complexity index is 958. The molecule has 1 atom stereocenters. The molecule has 1 aromatic heterocycles. The minimum Gasteiger partial charge on any atom is -0.497 e. The third-order valence-electron chi connectivity index (χ3n) is 4.36. The maximum Gasteiger partial charge on any atom is 0.387 e. The molecule has 0 saturated heterocycles. The van der Waals surface area contributed by atoms with Crippen LogP contribution in [0.3, 0.4) is 0 Å². The van der Waals surface area contributed by atoms with Gasteiger partial charge < -0.3 is 19.4 Å². The molecule has 1 heterocycles. The molecule has 3 rings (SSSR count). The fourth-order valence-electron chi connectivity index (χ4n) is 2.96. The van der Waals surface area contributed by atoms with Crippen molar-refractivity contribution in [2.45, 2.75) is 19.1 Å². The Morgan fingerprint density at radius 2 is 1.93 bits per heavy atom. The minimum atomic E-state index is -2.88. The number of carbonyl (C=O) groups excluding carboxylic acids is 1. The number of alkyl halides is 2. The van der Waals surface area contributed by atoms with Gasteiger partial charge in [0.1, 0.15) is 23.4 Å². The average Bonchev–Trinajstić information content (AvgIpc) is 3.13. The fraction of sp³-hybridized carbons (Fsp3) is 0.238. The van der Waals surface area contributed by atoms with Crippen molar-refractivity contribution in [1.82, 2.24) is 14.9 Å². The Morgan fingerprint density at radius 1 is 1.17 bits per heavy atom. The Hall–Kier alpha value is -3.42. The molecular weight excluding hydrogens is 380 g/mol. The van der Waals surface area contributed by atoms with Crippen LogP contribution in [-0.2, 0) is 18.3 Å². The summed E-state index contributed by atoms with van der Waals surface area (Å²) in [5.74, 6) is 1.16. The van der Waals surface area contributed by atoms with Crippen LogP contribution in [0, 0.1) is 0 Å². The van der Waals surface area contributed by atoms with Crippen LogP contribution in [0.1, 0.15) is 23.0 Å². The van der Waals surface area contributed by atoms with Gasteiger partial charge >= 0.3 is 6.61 Å². The van der Waals surface area contributed by atoms with Crippen molar-refractivity contribution in [2.75, 3.05) is 7.11 Å². The Morgan fingerprint density at radius 3 is 2.55 bits per heavy atom. The molecule has 0 bridgehead atoms. The van der Waals surface area contributed by atoms with Gasteiger partial charge in [0, 0.05) is 19.4 Å². The van der Waals surface area contributed by atoms with Crippen molar-refractivity contribution in [2.24, 2.45) is 7.05 Å². The molecule has 0 aliphatic heterocycles. The van der Waals surface area contributed by atoms with Gasteiger partial charge in [-0.3, -0.25) is 4.79 Å². The Balaban J connectivity index is 1.77. The van der Waals surface area contributed by atoms with Crippen LogP contribution in [0.2, 0.25) is 0 Å². The second kappa shape index (κ2) is 9.18. The van der Waals surface area contributed by atoms with E-state index in [2.05, 4.69) is 15.0 Å². The number of ether oxygens (including phenoxy) is 2. The molecule has 1 N–H and O–H groups in total. The molecule has 6 nitrogen and oxygen atoms in total.